The van der Waals surface area contributed by atoms with Crippen molar-refractivity contribution < 1.29 is 0 Å². The first kappa shape index (κ1) is 17.5. The van der Waals surface area contributed by atoms with Gasteiger partial charge in [-0.3, -0.25) is 0 Å². The highest BCUT2D eigenvalue weighted by molar-refractivity contribution is 14.0. The minimum absolute atomic E-state index is 0. The molecule has 1 aliphatic heterocycles. The van der Waals surface area contributed by atoms with Gasteiger partial charge in [0.05, 0.1) is 0 Å². The maximum Gasteiger partial charge on any atom is 0.189 e. The molecule has 1 saturated carbocycles. The van der Waals surface area contributed by atoms with Crippen molar-refractivity contribution in [2.75, 3.05) is 0 Å². The fourth-order valence-electron chi connectivity index (χ4n) is 3.32. The topological polar surface area (TPSA) is 81.1 Å². The normalized spacial score (nSPS) is 19.9. The van der Waals surface area contributed by atoms with Gasteiger partial charge in [-0.2, -0.15) is 0 Å². The second-order valence-electron chi connectivity index (χ2n) is 6.18. The summed E-state index contributed by atoms with van der Waals surface area (Å²) in [5.41, 5.74) is 6.01. The Kier molecular flexibility index (Phi) is 6.91. The Balaban J connectivity index is 0.00000176. The van der Waals surface area contributed by atoms with Crippen molar-refractivity contribution in [3.8, 4) is 0 Å². The van der Waals surface area contributed by atoms with Crippen molar-refractivity contribution in [2.24, 2.45) is 10.7 Å². The lowest BCUT2D eigenvalue weighted by Crippen LogP contribution is -2.41. The Bertz CT molecular complexity index is 492. The molecule has 0 atom stereocenters. The number of aromatic nitrogens is 3. The maximum absolute atomic E-state index is 6.01. The van der Waals surface area contributed by atoms with Crippen LogP contribution in [0.15, 0.2) is 4.99 Å². The SMILES string of the molecule is I.NC(=NCc1nnc2n1CCCCC2)NC1CCCCC1. The van der Waals surface area contributed by atoms with Crippen molar-refractivity contribution in [1.82, 2.24) is 20.1 Å². The van der Waals surface area contributed by atoms with E-state index >= 15 is 0 Å². The molecule has 0 bridgehead atoms. The standard InChI is InChI=1S/C15H26N6.HI/c16-15(18-12-7-3-1-4-8-12)17-11-14-20-19-13-9-5-2-6-10-21(13)14;/h12H,1-11H2,(H3,16,17,18);1H. The molecule has 3 rings (SSSR count). The molecule has 22 heavy (non-hydrogen) atoms. The Hall–Kier alpha value is -0.860. The monoisotopic (exact) mass is 418 g/mol. The van der Waals surface area contributed by atoms with E-state index in [-0.39, 0.29) is 24.0 Å². The summed E-state index contributed by atoms with van der Waals surface area (Å²) in [6, 6.07) is 0.498. The number of aryl methyl sites for hydroxylation is 1. The van der Waals surface area contributed by atoms with Crippen LogP contribution in [0, 0.1) is 0 Å². The summed E-state index contributed by atoms with van der Waals surface area (Å²) in [6.07, 6.45) is 11.1. The molecular weight excluding hydrogens is 391 g/mol. The lowest BCUT2D eigenvalue weighted by Gasteiger charge is -2.23. The van der Waals surface area contributed by atoms with Gasteiger partial charge in [0.25, 0.3) is 0 Å². The molecule has 3 N–H and O–H groups in total. The van der Waals surface area contributed by atoms with Crippen LogP contribution in [0.1, 0.15) is 63.0 Å². The van der Waals surface area contributed by atoms with Gasteiger partial charge in [-0.15, -0.1) is 34.2 Å². The van der Waals surface area contributed by atoms with E-state index < -0.39 is 0 Å². The third-order valence-electron chi connectivity index (χ3n) is 4.53. The van der Waals surface area contributed by atoms with Crippen LogP contribution < -0.4 is 11.1 Å². The smallest absolute Gasteiger partial charge is 0.189 e. The lowest BCUT2D eigenvalue weighted by atomic mass is 9.96. The summed E-state index contributed by atoms with van der Waals surface area (Å²) < 4.78 is 2.23. The molecule has 0 amide bonds. The Morgan fingerprint density at radius 3 is 2.73 bits per heavy atom. The quantitative estimate of drug-likeness (QED) is 0.449. The average Bonchev–Trinajstić information content (AvgIpc) is 2.73. The number of rotatable bonds is 3. The predicted octanol–water partition coefficient (Wildman–Crippen LogP) is 2.36. The summed E-state index contributed by atoms with van der Waals surface area (Å²) in [7, 11) is 0. The van der Waals surface area contributed by atoms with Crippen LogP contribution in [-0.2, 0) is 19.5 Å². The fraction of sp³-hybridized carbons (Fsp3) is 0.800. The van der Waals surface area contributed by atoms with Crippen LogP contribution in [0.2, 0.25) is 0 Å². The summed E-state index contributed by atoms with van der Waals surface area (Å²) in [5, 5.41) is 11.9. The molecule has 0 radical (unpaired) electrons. The van der Waals surface area contributed by atoms with Crippen molar-refractivity contribution in [3.63, 3.8) is 0 Å². The minimum atomic E-state index is 0. The van der Waals surface area contributed by atoms with Gasteiger partial charge < -0.3 is 15.6 Å². The molecule has 0 saturated heterocycles. The number of nitrogens with two attached hydrogens (primary N) is 1. The molecule has 2 heterocycles. The molecule has 1 fully saturated rings. The van der Waals surface area contributed by atoms with Crippen LogP contribution >= 0.6 is 24.0 Å². The Morgan fingerprint density at radius 1 is 1.14 bits per heavy atom. The third-order valence-corrected chi connectivity index (χ3v) is 4.53. The summed E-state index contributed by atoms with van der Waals surface area (Å²) in [5.74, 6) is 2.60. The van der Waals surface area contributed by atoms with Crippen LogP contribution in [0.3, 0.4) is 0 Å². The van der Waals surface area contributed by atoms with E-state index in [2.05, 4.69) is 25.1 Å². The van der Waals surface area contributed by atoms with Crippen molar-refractivity contribution >= 4 is 29.9 Å². The Labute approximate surface area is 149 Å². The van der Waals surface area contributed by atoms with E-state index in [4.69, 9.17) is 5.73 Å². The molecule has 2 aliphatic rings. The lowest BCUT2D eigenvalue weighted by molar-refractivity contribution is 0.412. The van der Waals surface area contributed by atoms with E-state index in [0.29, 0.717) is 18.5 Å². The zero-order valence-corrected chi connectivity index (χ0v) is 15.5. The molecule has 0 unspecified atom stereocenters. The zero-order chi connectivity index (χ0) is 14.5. The Morgan fingerprint density at radius 2 is 1.91 bits per heavy atom. The second-order valence-corrected chi connectivity index (χ2v) is 6.18. The number of hydrogen-bond acceptors (Lipinski definition) is 3. The van der Waals surface area contributed by atoms with E-state index in [9.17, 15) is 0 Å². The number of nitrogens with zero attached hydrogens (tertiary/aromatic N) is 4. The molecule has 124 valence electrons. The largest absolute Gasteiger partial charge is 0.370 e. The van der Waals surface area contributed by atoms with Gasteiger partial charge in [-0.1, -0.05) is 25.7 Å². The summed E-state index contributed by atoms with van der Waals surface area (Å²) >= 11 is 0. The van der Waals surface area contributed by atoms with Crippen LogP contribution in [0.4, 0.5) is 0 Å². The highest BCUT2D eigenvalue weighted by atomic mass is 127. The van der Waals surface area contributed by atoms with Crippen molar-refractivity contribution in [1.29, 1.82) is 0 Å². The molecule has 1 aromatic heterocycles. The van der Waals surface area contributed by atoms with Crippen LogP contribution in [0.25, 0.3) is 0 Å². The fourth-order valence-corrected chi connectivity index (χ4v) is 3.32. The first-order valence-corrected chi connectivity index (χ1v) is 8.30. The van der Waals surface area contributed by atoms with Gasteiger partial charge >= 0.3 is 0 Å². The molecular formula is C15H27IN6. The van der Waals surface area contributed by atoms with E-state index in [1.807, 2.05) is 0 Å². The maximum atomic E-state index is 6.01. The summed E-state index contributed by atoms with van der Waals surface area (Å²) in [6.45, 7) is 1.54. The van der Waals surface area contributed by atoms with E-state index in [1.165, 1.54) is 51.4 Å². The third kappa shape index (κ3) is 4.57. The number of guanidine groups is 1. The van der Waals surface area contributed by atoms with Crippen LogP contribution in [0.5, 0.6) is 0 Å². The van der Waals surface area contributed by atoms with Crippen molar-refractivity contribution in [2.45, 2.75) is 76.9 Å². The number of halogens is 1. The molecule has 0 aromatic carbocycles. The first-order valence-electron chi connectivity index (χ1n) is 8.30. The summed E-state index contributed by atoms with van der Waals surface area (Å²) in [4.78, 5) is 4.46. The minimum Gasteiger partial charge on any atom is -0.370 e. The zero-order valence-electron chi connectivity index (χ0n) is 13.1. The molecule has 6 nitrogen and oxygen atoms in total. The van der Waals surface area contributed by atoms with Gasteiger partial charge in [0, 0.05) is 19.0 Å². The number of hydrogen-bond donors (Lipinski definition) is 2. The van der Waals surface area contributed by atoms with Gasteiger partial charge in [-0.05, 0) is 25.7 Å². The highest BCUT2D eigenvalue weighted by Crippen LogP contribution is 2.17. The van der Waals surface area contributed by atoms with Gasteiger partial charge in [-0.25, -0.2) is 4.99 Å². The second kappa shape index (κ2) is 8.69. The highest BCUT2D eigenvalue weighted by Gasteiger charge is 2.15. The van der Waals surface area contributed by atoms with E-state index in [0.717, 1.165) is 24.6 Å². The average molecular weight is 418 g/mol. The van der Waals surface area contributed by atoms with Gasteiger partial charge in [0.15, 0.2) is 11.8 Å². The van der Waals surface area contributed by atoms with Crippen molar-refractivity contribution in [3.05, 3.63) is 11.6 Å². The molecule has 1 aliphatic carbocycles. The van der Waals surface area contributed by atoms with Gasteiger partial charge in [0.1, 0.15) is 12.4 Å². The predicted molar refractivity (Wildman–Crippen MR) is 98.3 cm³/mol. The van der Waals surface area contributed by atoms with Crippen LogP contribution in [-0.4, -0.2) is 26.8 Å². The van der Waals surface area contributed by atoms with E-state index in [1.54, 1.807) is 0 Å². The number of nitrogens with one attached hydrogen (secondary N) is 1. The molecule has 1 aromatic rings. The molecule has 0 spiro atoms. The number of fused-ring (bicyclic) bond motifs is 1. The van der Waals surface area contributed by atoms with Gasteiger partial charge in [0.2, 0.25) is 0 Å². The molecule has 7 heteroatoms. The first-order chi connectivity index (χ1) is 10.3. The number of aliphatic imine (C=N–C) groups is 1.